The fourth-order valence-corrected chi connectivity index (χ4v) is 4.61. The highest BCUT2D eigenvalue weighted by Gasteiger charge is 2.38. The van der Waals surface area contributed by atoms with Gasteiger partial charge in [0.2, 0.25) is 5.91 Å². The summed E-state index contributed by atoms with van der Waals surface area (Å²) in [5, 5.41) is 0.992. The Hall–Kier alpha value is -2.35. The van der Waals surface area contributed by atoms with Crippen LogP contribution in [0.2, 0.25) is 0 Å². The van der Waals surface area contributed by atoms with Gasteiger partial charge in [-0.3, -0.25) is 4.79 Å². The van der Waals surface area contributed by atoms with Gasteiger partial charge in [0.05, 0.1) is 22.7 Å². The van der Waals surface area contributed by atoms with Crippen LogP contribution in [0.3, 0.4) is 0 Å². The highest BCUT2D eigenvalue weighted by molar-refractivity contribution is 7.22. The molecule has 8 heteroatoms. The number of benzene rings is 1. The molecule has 2 aliphatic rings. The number of amides is 2. The lowest BCUT2D eigenvalue weighted by Crippen LogP contribution is -2.58. The van der Waals surface area contributed by atoms with Crippen molar-refractivity contribution >= 4 is 38.7 Å². The number of anilines is 1. The highest BCUT2D eigenvalue weighted by Crippen LogP contribution is 2.33. The van der Waals surface area contributed by atoms with Crippen molar-refractivity contribution in [3.8, 4) is 0 Å². The first-order chi connectivity index (χ1) is 13.0. The second-order valence-electron chi connectivity index (χ2n) is 7.08. The van der Waals surface area contributed by atoms with Gasteiger partial charge < -0.3 is 19.4 Å². The molecule has 2 aromatic rings. The molecule has 7 nitrogen and oxygen atoms in total. The van der Waals surface area contributed by atoms with Gasteiger partial charge in [0.1, 0.15) is 0 Å². The monoisotopic (exact) mass is 388 g/mol. The zero-order valence-electron chi connectivity index (χ0n) is 15.7. The number of fused-ring (bicyclic) bond motifs is 1. The summed E-state index contributed by atoms with van der Waals surface area (Å²) < 4.78 is 6.21. The van der Waals surface area contributed by atoms with E-state index >= 15 is 0 Å². The fourth-order valence-electron chi connectivity index (χ4n) is 3.53. The van der Waals surface area contributed by atoms with Crippen molar-refractivity contribution in [3.63, 3.8) is 0 Å². The number of piperazine rings is 1. The Labute approximate surface area is 162 Å². The van der Waals surface area contributed by atoms with E-state index in [1.54, 1.807) is 23.2 Å². The molecule has 27 heavy (non-hydrogen) atoms. The molecule has 4 rings (SSSR count). The summed E-state index contributed by atoms with van der Waals surface area (Å²) in [5.41, 5.74) is 2.25. The summed E-state index contributed by atoms with van der Waals surface area (Å²) in [6, 6.07) is 6.28. The lowest BCUT2D eigenvalue weighted by Gasteiger charge is -2.42. The SMILES string of the molecule is CCOC(=O)N1CCN(C(=O)C2CN(c3nc4ccc(C)cc4s3)C2)CC1. The van der Waals surface area contributed by atoms with E-state index in [9.17, 15) is 9.59 Å². The predicted molar refractivity (Wildman–Crippen MR) is 105 cm³/mol. The third kappa shape index (κ3) is 3.58. The Bertz CT molecular complexity index is 854. The van der Waals surface area contributed by atoms with Crippen LogP contribution in [-0.4, -0.2) is 72.7 Å². The molecule has 1 aromatic carbocycles. The number of hydrogen-bond donors (Lipinski definition) is 0. The van der Waals surface area contributed by atoms with Crippen LogP contribution in [0.4, 0.5) is 9.93 Å². The lowest BCUT2D eigenvalue weighted by atomic mass is 9.99. The number of hydrogen-bond acceptors (Lipinski definition) is 6. The Morgan fingerprint density at radius 1 is 1.19 bits per heavy atom. The maximum atomic E-state index is 12.7. The number of rotatable bonds is 3. The third-order valence-electron chi connectivity index (χ3n) is 5.15. The van der Waals surface area contributed by atoms with Crippen LogP contribution in [-0.2, 0) is 9.53 Å². The van der Waals surface area contributed by atoms with Gasteiger partial charge in [0.25, 0.3) is 0 Å². The van der Waals surface area contributed by atoms with Gasteiger partial charge in [-0.1, -0.05) is 17.4 Å². The summed E-state index contributed by atoms with van der Waals surface area (Å²) >= 11 is 1.68. The topological polar surface area (TPSA) is 66.0 Å². The van der Waals surface area contributed by atoms with Crippen molar-refractivity contribution in [2.24, 2.45) is 5.92 Å². The van der Waals surface area contributed by atoms with Crippen molar-refractivity contribution in [1.29, 1.82) is 0 Å². The Morgan fingerprint density at radius 2 is 1.89 bits per heavy atom. The van der Waals surface area contributed by atoms with E-state index in [2.05, 4.69) is 30.0 Å². The Balaban J connectivity index is 1.30. The Morgan fingerprint density at radius 3 is 2.59 bits per heavy atom. The maximum absolute atomic E-state index is 12.7. The minimum atomic E-state index is -0.287. The molecule has 0 atom stereocenters. The third-order valence-corrected chi connectivity index (χ3v) is 6.23. The number of ether oxygens (including phenoxy) is 1. The summed E-state index contributed by atoms with van der Waals surface area (Å²) in [6.07, 6.45) is -0.287. The first-order valence-electron chi connectivity index (χ1n) is 9.38. The van der Waals surface area contributed by atoms with Gasteiger partial charge in [-0.15, -0.1) is 0 Å². The molecule has 144 valence electrons. The van der Waals surface area contributed by atoms with E-state index in [4.69, 9.17) is 9.72 Å². The minimum absolute atomic E-state index is 0.0212. The average molecular weight is 388 g/mol. The first-order valence-corrected chi connectivity index (χ1v) is 10.2. The van der Waals surface area contributed by atoms with Crippen LogP contribution in [0, 0.1) is 12.8 Å². The van der Waals surface area contributed by atoms with E-state index in [1.165, 1.54) is 10.3 Å². The highest BCUT2D eigenvalue weighted by atomic mass is 32.1. The largest absolute Gasteiger partial charge is 0.450 e. The smallest absolute Gasteiger partial charge is 0.409 e. The summed E-state index contributed by atoms with van der Waals surface area (Å²) in [7, 11) is 0. The molecule has 0 aliphatic carbocycles. The molecule has 2 saturated heterocycles. The van der Waals surface area contributed by atoms with Crippen molar-refractivity contribution in [2.75, 3.05) is 50.8 Å². The maximum Gasteiger partial charge on any atom is 0.409 e. The van der Waals surface area contributed by atoms with E-state index in [0.717, 1.165) is 23.7 Å². The van der Waals surface area contributed by atoms with Crippen LogP contribution >= 0.6 is 11.3 Å². The average Bonchev–Trinajstić information content (AvgIpc) is 3.03. The molecular formula is C19H24N4O3S. The van der Waals surface area contributed by atoms with E-state index in [0.29, 0.717) is 32.8 Å². The number of thiazole rings is 1. The zero-order valence-corrected chi connectivity index (χ0v) is 16.5. The van der Waals surface area contributed by atoms with E-state index < -0.39 is 0 Å². The molecule has 0 bridgehead atoms. The molecular weight excluding hydrogens is 364 g/mol. The molecule has 0 radical (unpaired) electrons. The van der Waals surface area contributed by atoms with Gasteiger partial charge in [0.15, 0.2) is 5.13 Å². The molecule has 0 unspecified atom stereocenters. The summed E-state index contributed by atoms with van der Waals surface area (Å²) in [5.74, 6) is 0.208. The van der Waals surface area contributed by atoms with Crippen molar-refractivity contribution in [2.45, 2.75) is 13.8 Å². The molecule has 2 amide bonds. The standard InChI is InChI=1S/C19H24N4O3S/c1-3-26-19(25)22-8-6-21(7-9-22)17(24)14-11-23(12-14)18-20-15-5-4-13(2)10-16(15)27-18/h4-5,10,14H,3,6-9,11-12H2,1-2H3. The van der Waals surface area contributed by atoms with Gasteiger partial charge in [0, 0.05) is 39.3 Å². The molecule has 0 N–H and O–H groups in total. The summed E-state index contributed by atoms with van der Waals surface area (Å²) in [4.78, 5) is 34.9. The molecule has 0 spiro atoms. The minimum Gasteiger partial charge on any atom is -0.450 e. The van der Waals surface area contributed by atoms with E-state index in [1.807, 2.05) is 4.90 Å². The Kier molecular flexibility index (Phi) is 4.90. The lowest BCUT2D eigenvalue weighted by molar-refractivity contribution is -0.138. The normalized spacial score (nSPS) is 17.9. The van der Waals surface area contributed by atoms with Crippen LogP contribution in [0.15, 0.2) is 18.2 Å². The van der Waals surface area contributed by atoms with Crippen LogP contribution in [0.25, 0.3) is 10.2 Å². The molecule has 2 fully saturated rings. The van der Waals surface area contributed by atoms with Gasteiger partial charge in [-0.05, 0) is 31.5 Å². The first kappa shape index (κ1) is 18.0. The second-order valence-corrected chi connectivity index (χ2v) is 8.09. The second kappa shape index (κ2) is 7.34. The van der Waals surface area contributed by atoms with Crippen molar-refractivity contribution in [3.05, 3.63) is 23.8 Å². The molecule has 2 aliphatic heterocycles. The molecule has 3 heterocycles. The number of aromatic nitrogens is 1. The van der Waals surface area contributed by atoms with Crippen LogP contribution in [0.1, 0.15) is 12.5 Å². The fraction of sp³-hybridized carbons (Fsp3) is 0.526. The molecule has 1 aromatic heterocycles. The van der Waals surface area contributed by atoms with Gasteiger partial charge >= 0.3 is 6.09 Å². The number of carbonyl (C=O) groups excluding carboxylic acids is 2. The quantitative estimate of drug-likeness (QED) is 0.808. The zero-order chi connectivity index (χ0) is 19.0. The predicted octanol–water partition coefficient (Wildman–Crippen LogP) is 2.34. The van der Waals surface area contributed by atoms with Crippen LogP contribution < -0.4 is 4.90 Å². The molecule has 0 saturated carbocycles. The number of nitrogens with zero attached hydrogens (tertiary/aromatic N) is 4. The summed E-state index contributed by atoms with van der Waals surface area (Å²) in [6.45, 7) is 7.93. The van der Waals surface area contributed by atoms with E-state index in [-0.39, 0.29) is 17.9 Å². The number of carbonyl (C=O) groups is 2. The van der Waals surface area contributed by atoms with Crippen molar-refractivity contribution in [1.82, 2.24) is 14.8 Å². The number of aryl methyl sites for hydroxylation is 1. The van der Waals surface area contributed by atoms with Gasteiger partial charge in [-0.2, -0.15) is 0 Å². The van der Waals surface area contributed by atoms with Gasteiger partial charge in [-0.25, -0.2) is 9.78 Å². The van der Waals surface area contributed by atoms with Crippen molar-refractivity contribution < 1.29 is 14.3 Å². The van der Waals surface area contributed by atoms with Crippen LogP contribution in [0.5, 0.6) is 0 Å².